The first-order chi connectivity index (χ1) is 9.18. The van der Waals surface area contributed by atoms with Crippen molar-refractivity contribution in [3.63, 3.8) is 0 Å². The first kappa shape index (κ1) is 13.0. The second kappa shape index (κ2) is 5.96. The van der Waals surface area contributed by atoms with Gasteiger partial charge in [-0.05, 0) is 29.7 Å². The normalized spacial score (nSPS) is 11.1. The van der Waals surface area contributed by atoms with Gasteiger partial charge in [0.2, 0.25) is 0 Å². The third-order valence-corrected chi connectivity index (χ3v) is 2.94. The molecule has 2 aromatic rings. The number of allylic oxidation sites excluding steroid dienone is 2. The molecule has 2 aromatic carbocycles. The Kier molecular flexibility index (Phi) is 4.09. The van der Waals surface area contributed by atoms with Crippen molar-refractivity contribution >= 4 is 17.4 Å². The van der Waals surface area contributed by atoms with E-state index in [0.717, 1.165) is 11.1 Å². The smallest absolute Gasteiger partial charge is 0.188 e. The van der Waals surface area contributed by atoms with E-state index in [-0.39, 0.29) is 5.78 Å². The minimum absolute atomic E-state index is 0.0185. The molecule has 0 aliphatic carbocycles. The molecule has 0 aliphatic heterocycles. The minimum atomic E-state index is -0.0185. The molecule has 19 heavy (non-hydrogen) atoms. The van der Waals surface area contributed by atoms with E-state index in [0.29, 0.717) is 11.1 Å². The molecule has 0 atom stereocenters. The van der Waals surface area contributed by atoms with Crippen LogP contribution in [0.15, 0.2) is 72.8 Å². The molecule has 0 saturated heterocycles. The van der Waals surface area contributed by atoms with Gasteiger partial charge >= 0.3 is 0 Å². The Hall–Kier alpha value is -2.41. The van der Waals surface area contributed by atoms with E-state index in [2.05, 4.69) is 6.58 Å². The predicted molar refractivity (Wildman–Crippen MR) is 80.6 cm³/mol. The number of hydrogen-bond acceptors (Lipinski definition) is 1. The monoisotopic (exact) mass is 248 g/mol. The van der Waals surface area contributed by atoms with Gasteiger partial charge in [0.25, 0.3) is 0 Å². The van der Waals surface area contributed by atoms with Crippen LogP contribution in [0, 0.1) is 0 Å². The molecule has 0 aromatic heterocycles. The van der Waals surface area contributed by atoms with Crippen molar-refractivity contribution in [3.8, 4) is 0 Å². The maximum atomic E-state index is 12.3. The van der Waals surface area contributed by atoms with Crippen molar-refractivity contribution in [3.05, 3.63) is 83.9 Å². The van der Waals surface area contributed by atoms with E-state index < -0.39 is 0 Å². The zero-order chi connectivity index (χ0) is 13.7. The lowest BCUT2D eigenvalue weighted by atomic mass is 9.98. The molecule has 0 unspecified atom stereocenters. The van der Waals surface area contributed by atoms with Crippen molar-refractivity contribution in [1.29, 1.82) is 0 Å². The van der Waals surface area contributed by atoms with Gasteiger partial charge in [0.15, 0.2) is 5.78 Å². The summed E-state index contributed by atoms with van der Waals surface area (Å²) in [6, 6.07) is 19.3. The van der Waals surface area contributed by atoms with Crippen LogP contribution < -0.4 is 0 Å². The van der Waals surface area contributed by atoms with Crippen LogP contribution in [0.4, 0.5) is 0 Å². The number of carbonyl (C=O) groups excluding carboxylic acids is 1. The highest BCUT2D eigenvalue weighted by Gasteiger charge is 2.10. The zero-order valence-electron chi connectivity index (χ0n) is 11.0. The van der Waals surface area contributed by atoms with Gasteiger partial charge in [0.1, 0.15) is 0 Å². The van der Waals surface area contributed by atoms with Crippen LogP contribution >= 0.6 is 0 Å². The fourth-order valence-electron chi connectivity index (χ4n) is 1.87. The van der Waals surface area contributed by atoms with E-state index >= 15 is 0 Å². The summed E-state index contributed by atoms with van der Waals surface area (Å²) < 4.78 is 0. The van der Waals surface area contributed by atoms with Crippen LogP contribution in [0.1, 0.15) is 18.1 Å². The standard InChI is InChI=1S/C18H16O/c1-14(13-16-9-5-3-6-10-16)18(19)15(2)17-11-7-4-8-12-17/h3-13H,2H2,1H3/b14-13+. The average Bonchev–Trinajstić information content (AvgIpc) is 2.47. The van der Waals surface area contributed by atoms with Crippen molar-refractivity contribution < 1.29 is 4.79 Å². The third kappa shape index (κ3) is 3.29. The topological polar surface area (TPSA) is 17.1 Å². The maximum Gasteiger partial charge on any atom is 0.188 e. The number of ketones is 1. The summed E-state index contributed by atoms with van der Waals surface area (Å²) in [6.07, 6.45) is 1.89. The summed E-state index contributed by atoms with van der Waals surface area (Å²) in [4.78, 5) is 12.3. The van der Waals surface area contributed by atoms with Gasteiger partial charge in [0, 0.05) is 5.57 Å². The summed E-state index contributed by atoms with van der Waals surface area (Å²) >= 11 is 0. The molecule has 0 spiro atoms. The maximum absolute atomic E-state index is 12.3. The fourth-order valence-corrected chi connectivity index (χ4v) is 1.87. The molecule has 1 nitrogen and oxygen atoms in total. The summed E-state index contributed by atoms with van der Waals surface area (Å²) in [5.74, 6) is -0.0185. The lowest BCUT2D eigenvalue weighted by Gasteiger charge is -2.05. The highest BCUT2D eigenvalue weighted by Crippen LogP contribution is 2.18. The van der Waals surface area contributed by atoms with Gasteiger partial charge in [-0.1, -0.05) is 67.2 Å². The van der Waals surface area contributed by atoms with Crippen molar-refractivity contribution in [2.24, 2.45) is 0 Å². The highest BCUT2D eigenvalue weighted by atomic mass is 16.1. The van der Waals surface area contributed by atoms with Crippen LogP contribution in [0.3, 0.4) is 0 Å². The molecular weight excluding hydrogens is 232 g/mol. The lowest BCUT2D eigenvalue weighted by Crippen LogP contribution is -2.02. The lowest BCUT2D eigenvalue weighted by molar-refractivity contribution is -0.110. The Bertz CT molecular complexity index is 607. The highest BCUT2D eigenvalue weighted by molar-refractivity contribution is 6.29. The van der Waals surface area contributed by atoms with Gasteiger partial charge in [0.05, 0.1) is 0 Å². The summed E-state index contributed by atoms with van der Waals surface area (Å²) in [5, 5.41) is 0. The first-order valence-corrected chi connectivity index (χ1v) is 6.21. The van der Waals surface area contributed by atoms with Crippen molar-refractivity contribution in [2.45, 2.75) is 6.92 Å². The molecule has 94 valence electrons. The van der Waals surface area contributed by atoms with Gasteiger partial charge in [-0.2, -0.15) is 0 Å². The molecule has 0 amide bonds. The largest absolute Gasteiger partial charge is 0.289 e. The Morgan fingerprint density at radius 1 is 0.947 bits per heavy atom. The summed E-state index contributed by atoms with van der Waals surface area (Å²) in [7, 11) is 0. The number of carbonyl (C=O) groups is 1. The molecule has 0 aliphatic rings. The molecule has 0 radical (unpaired) electrons. The number of benzene rings is 2. The third-order valence-electron chi connectivity index (χ3n) is 2.94. The molecule has 0 heterocycles. The molecule has 0 N–H and O–H groups in total. The first-order valence-electron chi connectivity index (χ1n) is 6.21. The summed E-state index contributed by atoms with van der Waals surface area (Å²) in [6.45, 7) is 5.72. The quantitative estimate of drug-likeness (QED) is 0.734. The van der Waals surface area contributed by atoms with Crippen molar-refractivity contribution in [2.75, 3.05) is 0 Å². The molecular formula is C18H16O. The minimum Gasteiger partial charge on any atom is -0.289 e. The predicted octanol–water partition coefficient (Wildman–Crippen LogP) is 4.37. The number of hydrogen-bond donors (Lipinski definition) is 0. The SMILES string of the molecule is C=C(C(=O)/C(C)=C/c1ccccc1)c1ccccc1. The Balaban J connectivity index is 2.21. The molecule has 0 bridgehead atoms. The second-order valence-corrected chi connectivity index (χ2v) is 4.41. The van der Waals surface area contributed by atoms with E-state index in [1.54, 1.807) is 0 Å². The average molecular weight is 248 g/mol. The Morgan fingerprint density at radius 3 is 2.05 bits per heavy atom. The van der Waals surface area contributed by atoms with Crippen LogP contribution in [-0.2, 0) is 4.79 Å². The molecule has 1 heteroatoms. The zero-order valence-corrected chi connectivity index (χ0v) is 11.0. The van der Waals surface area contributed by atoms with Crippen LogP contribution in [0.2, 0.25) is 0 Å². The Morgan fingerprint density at radius 2 is 1.47 bits per heavy atom. The Labute approximate surface area is 113 Å². The van der Waals surface area contributed by atoms with Gasteiger partial charge in [-0.15, -0.1) is 0 Å². The van der Waals surface area contributed by atoms with E-state index in [1.165, 1.54) is 0 Å². The van der Waals surface area contributed by atoms with E-state index in [1.807, 2.05) is 73.7 Å². The van der Waals surface area contributed by atoms with Crippen LogP contribution in [0.5, 0.6) is 0 Å². The van der Waals surface area contributed by atoms with Crippen LogP contribution in [-0.4, -0.2) is 5.78 Å². The van der Waals surface area contributed by atoms with E-state index in [9.17, 15) is 4.79 Å². The van der Waals surface area contributed by atoms with E-state index in [4.69, 9.17) is 0 Å². The molecule has 0 saturated carbocycles. The van der Waals surface area contributed by atoms with Gasteiger partial charge in [-0.25, -0.2) is 0 Å². The van der Waals surface area contributed by atoms with Gasteiger partial charge < -0.3 is 0 Å². The summed E-state index contributed by atoms with van der Waals surface area (Å²) in [5.41, 5.74) is 3.12. The van der Waals surface area contributed by atoms with Crippen molar-refractivity contribution in [1.82, 2.24) is 0 Å². The fraction of sp³-hybridized carbons (Fsp3) is 0.0556. The molecule has 2 rings (SSSR count). The number of Topliss-reactive ketones (excluding diaryl/α,β-unsaturated/α-hetero) is 1. The van der Waals surface area contributed by atoms with Crippen LogP contribution in [0.25, 0.3) is 11.6 Å². The second-order valence-electron chi connectivity index (χ2n) is 4.41. The molecule has 0 fully saturated rings. The van der Waals surface area contributed by atoms with Gasteiger partial charge in [-0.3, -0.25) is 4.79 Å². The number of rotatable bonds is 4.